The van der Waals surface area contributed by atoms with Gasteiger partial charge in [-0.1, -0.05) is 0 Å². The highest BCUT2D eigenvalue weighted by Gasteiger charge is 2.38. The Morgan fingerprint density at radius 1 is 0.321 bits per heavy atom. The van der Waals surface area contributed by atoms with Gasteiger partial charge in [0.15, 0.2) is 0 Å². The Hall–Kier alpha value is -7.40. The minimum absolute atomic E-state index is 0.256. The van der Waals surface area contributed by atoms with Gasteiger partial charge in [-0.3, -0.25) is 19.2 Å². The molecule has 0 spiro atoms. The number of hydrogen-bond acceptors (Lipinski definition) is 9. The smallest absolute Gasteiger partial charge is 0.266 e. The van der Waals surface area contributed by atoms with Gasteiger partial charge in [0.25, 0.3) is 23.6 Å². The third kappa shape index (κ3) is 6.16. The van der Waals surface area contributed by atoms with E-state index in [4.69, 9.17) is 23.7 Å². The summed E-state index contributed by atoms with van der Waals surface area (Å²) in [6.07, 6.45) is 0. The van der Waals surface area contributed by atoms with Crippen LogP contribution in [-0.2, 0) is 0 Å². The van der Waals surface area contributed by atoms with Gasteiger partial charge in [-0.25, -0.2) is 9.80 Å². The fourth-order valence-corrected chi connectivity index (χ4v) is 6.06. The number of nitrogens with zero attached hydrogens (tertiary/aromatic N) is 2. The number of carbonyl (C=O) groups is 4. The number of fused-ring (bicyclic) bond motifs is 2. The number of amides is 4. The summed E-state index contributed by atoms with van der Waals surface area (Å²) in [4.78, 5) is 54.7. The monoisotopic (exact) mass is 704 g/mol. The van der Waals surface area contributed by atoms with E-state index in [2.05, 4.69) is 0 Å². The zero-order valence-corrected chi connectivity index (χ0v) is 28.3. The zero-order chi connectivity index (χ0) is 36.6. The molecule has 2 aliphatic heterocycles. The molecule has 0 saturated carbocycles. The van der Waals surface area contributed by atoms with Crippen molar-refractivity contribution in [3.05, 3.63) is 156 Å². The molecule has 8 rings (SSSR count). The Morgan fingerprint density at radius 2 is 0.585 bits per heavy atom. The molecule has 0 atom stereocenters. The van der Waals surface area contributed by atoms with Gasteiger partial charge < -0.3 is 23.7 Å². The molecule has 6 aromatic carbocycles. The lowest BCUT2D eigenvalue weighted by Gasteiger charge is -2.14. The standard InChI is InChI=1S/C42H28N2O9/c1-49-27-7-3-25(4-8-27)43-39(45)35-21-19-33(23-37(35)41(43)47)52-31-15-11-29(12-16-31)51-30-13-17-32(18-14-30)53-34-20-22-36-38(24-34)42(48)44(40(36)46)26-5-9-28(50-2)10-6-26/h3-24H,1-2H3. The molecule has 4 amide bonds. The first kappa shape index (κ1) is 32.8. The lowest BCUT2D eigenvalue weighted by atomic mass is 10.1. The van der Waals surface area contributed by atoms with Gasteiger partial charge in [0.05, 0.1) is 47.8 Å². The topological polar surface area (TPSA) is 121 Å². The van der Waals surface area contributed by atoms with Crippen molar-refractivity contribution in [3.8, 4) is 46.0 Å². The average Bonchev–Trinajstić information content (AvgIpc) is 3.59. The van der Waals surface area contributed by atoms with Crippen LogP contribution in [0, 0.1) is 0 Å². The van der Waals surface area contributed by atoms with Crippen LogP contribution in [0.4, 0.5) is 11.4 Å². The molecule has 2 aliphatic rings. The molecular weight excluding hydrogens is 676 g/mol. The zero-order valence-electron chi connectivity index (χ0n) is 28.3. The van der Waals surface area contributed by atoms with Crippen LogP contribution >= 0.6 is 0 Å². The predicted molar refractivity (Wildman–Crippen MR) is 194 cm³/mol. The first-order valence-corrected chi connectivity index (χ1v) is 16.4. The molecule has 6 aromatic rings. The van der Waals surface area contributed by atoms with E-state index in [0.717, 1.165) is 9.80 Å². The fraction of sp³-hybridized carbons (Fsp3) is 0.0476. The van der Waals surface area contributed by atoms with Crippen LogP contribution in [0.1, 0.15) is 41.4 Å². The van der Waals surface area contributed by atoms with Crippen molar-refractivity contribution >= 4 is 35.0 Å². The number of hydrogen-bond donors (Lipinski definition) is 0. The molecule has 11 heteroatoms. The van der Waals surface area contributed by atoms with Crippen molar-refractivity contribution in [2.45, 2.75) is 0 Å². The van der Waals surface area contributed by atoms with Crippen LogP contribution in [0.2, 0.25) is 0 Å². The lowest BCUT2D eigenvalue weighted by Crippen LogP contribution is -2.29. The lowest BCUT2D eigenvalue weighted by molar-refractivity contribution is 0.0910. The van der Waals surface area contributed by atoms with Crippen molar-refractivity contribution in [2.24, 2.45) is 0 Å². The van der Waals surface area contributed by atoms with Gasteiger partial charge in [-0.05, 0) is 133 Å². The SMILES string of the molecule is COc1ccc(N2C(=O)c3ccc(Oc4ccc(Oc5ccc(Oc6ccc7c(c6)C(=O)N(c6ccc(OC)cc6)C7=O)cc5)cc4)cc3C2=O)cc1. The Balaban J connectivity index is 0.888. The molecular formula is C42H28N2O9. The van der Waals surface area contributed by atoms with Gasteiger partial charge in [0.1, 0.15) is 46.0 Å². The first-order chi connectivity index (χ1) is 25.8. The molecule has 0 aromatic heterocycles. The van der Waals surface area contributed by atoms with E-state index in [-0.39, 0.29) is 11.1 Å². The molecule has 53 heavy (non-hydrogen) atoms. The normalized spacial score (nSPS) is 13.2. The second-order valence-electron chi connectivity index (χ2n) is 12.0. The first-order valence-electron chi connectivity index (χ1n) is 16.4. The van der Waals surface area contributed by atoms with E-state index in [9.17, 15) is 19.2 Å². The third-order valence-electron chi connectivity index (χ3n) is 8.73. The summed E-state index contributed by atoms with van der Waals surface area (Å²) in [5.74, 6) is 2.49. The quantitative estimate of drug-likeness (QED) is 0.129. The van der Waals surface area contributed by atoms with Gasteiger partial charge in [-0.2, -0.15) is 0 Å². The minimum atomic E-state index is -0.434. The van der Waals surface area contributed by atoms with Crippen LogP contribution in [0.3, 0.4) is 0 Å². The molecule has 260 valence electrons. The molecule has 0 aliphatic carbocycles. The molecule has 0 bridgehead atoms. The number of rotatable bonds is 10. The maximum atomic E-state index is 13.2. The van der Waals surface area contributed by atoms with Crippen LogP contribution in [0.25, 0.3) is 0 Å². The summed E-state index contributed by atoms with van der Waals surface area (Å²) < 4.78 is 28.3. The maximum Gasteiger partial charge on any atom is 0.266 e. The molecule has 2 heterocycles. The van der Waals surface area contributed by atoms with Crippen LogP contribution in [0.5, 0.6) is 46.0 Å². The van der Waals surface area contributed by atoms with E-state index in [1.807, 2.05) is 0 Å². The number of anilines is 2. The molecule has 0 radical (unpaired) electrons. The number of carbonyl (C=O) groups excluding carboxylic acids is 4. The number of benzene rings is 6. The van der Waals surface area contributed by atoms with Crippen LogP contribution in [-0.4, -0.2) is 37.8 Å². The summed E-state index contributed by atoms with van der Waals surface area (Å²) in [5, 5.41) is 0. The third-order valence-corrected chi connectivity index (χ3v) is 8.73. The Morgan fingerprint density at radius 3 is 0.906 bits per heavy atom. The predicted octanol–water partition coefficient (Wildman–Crippen LogP) is 8.68. The highest BCUT2D eigenvalue weighted by atomic mass is 16.5. The molecule has 11 nitrogen and oxygen atoms in total. The molecule has 0 fully saturated rings. The van der Waals surface area contributed by atoms with Gasteiger partial charge in [0, 0.05) is 0 Å². The van der Waals surface area contributed by atoms with Crippen molar-refractivity contribution in [1.82, 2.24) is 0 Å². The van der Waals surface area contributed by atoms with E-state index in [1.165, 1.54) is 0 Å². The number of imide groups is 2. The minimum Gasteiger partial charge on any atom is -0.497 e. The summed E-state index contributed by atoms with van der Waals surface area (Å²) in [6, 6.07) is 36.9. The van der Waals surface area contributed by atoms with Crippen LogP contribution < -0.4 is 33.5 Å². The largest absolute Gasteiger partial charge is 0.497 e. The fourth-order valence-electron chi connectivity index (χ4n) is 6.06. The second-order valence-corrected chi connectivity index (χ2v) is 12.0. The second kappa shape index (κ2) is 13.4. The van der Waals surface area contributed by atoms with E-state index >= 15 is 0 Å². The maximum absolute atomic E-state index is 13.2. The van der Waals surface area contributed by atoms with Gasteiger partial charge in [-0.15, -0.1) is 0 Å². The van der Waals surface area contributed by atoms with Gasteiger partial charge >= 0.3 is 0 Å². The highest BCUT2D eigenvalue weighted by Crippen LogP contribution is 2.36. The average molecular weight is 705 g/mol. The molecule has 0 N–H and O–H groups in total. The Kier molecular flexibility index (Phi) is 8.28. The molecule has 0 saturated heterocycles. The van der Waals surface area contributed by atoms with Crippen molar-refractivity contribution < 1.29 is 42.9 Å². The van der Waals surface area contributed by atoms with E-state index in [0.29, 0.717) is 68.5 Å². The number of methoxy groups -OCH3 is 2. The summed E-state index contributed by atoms with van der Waals surface area (Å²) in [6.45, 7) is 0. The highest BCUT2D eigenvalue weighted by molar-refractivity contribution is 6.35. The Labute approximate surface area is 303 Å². The van der Waals surface area contributed by atoms with Crippen molar-refractivity contribution in [3.63, 3.8) is 0 Å². The van der Waals surface area contributed by atoms with Gasteiger partial charge in [0.2, 0.25) is 0 Å². The van der Waals surface area contributed by atoms with E-state index in [1.54, 1.807) is 148 Å². The van der Waals surface area contributed by atoms with Crippen LogP contribution in [0.15, 0.2) is 133 Å². The van der Waals surface area contributed by atoms with Crippen molar-refractivity contribution in [2.75, 3.05) is 24.0 Å². The number of ether oxygens (including phenoxy) is 5. The van der Waals surface area contributed by atoms with Crippen molar-refractivity contribution in [1.29, 1.82) is 0 Å². The summed E-state index contributed by atoms with van der Waals surface area (Å²) in [5.41, 5.74) is 2.01. The Bertz CT molecular complexity index is 2240. The summed E-state index contributed by atoms with van der Waals surface area (Å²) in [7, 11) is 3.09. The van der Waals surface area contributed by atoms with E-state index < -0.39 is 23.6 Å². The summed E-state index contributed by atoms with van der Waals surface area (Å²) >= 11 is 0. The molecule has 0 unspecified atom stereocenters.